The van der Waals surface area contributed by atoms with Crippen molar-refractivity contribution in [3.8, 4) is 0 Å². The van der Waals surface area contributed by atoms with Crippen LogP contribution in [0.4, 0.5) is 5.69 Å². The van der Waals surface area contributed by atoms with Crippen molar-refractivity contribution in [3.63, 3.8) is 0 Å². The summed E-state index contributed by atoms with van der Waals surface area (Å²) in [6.07, 6.45) is 2.05. The fourth-order valence-electron chi connectivity index (χ4n) is 5.52. The van der Waals surface area contributed by atoms with Gasteiger partial charge in [-0.2, -0.15) is 0 Å². The molecule has 0 bridgehead atoms. The maximum absolute atomic E-state index is 13.4. The minimum absolute atomic E-state index is 0.0321. The van der Waals surface area contributed by atoms with Gasteiger partial charge in [-0.3, -0.25) is 24.1 Å². The van der Waals surface area contributed by atoms with Crippen molar-refractivity contribution in [2.45, 2.75) is 45.2 Å². The Morgan fingerprint density at radius 3 is 2.38 bits per heavy atom. The van der Waals surface area contributed by atoms with Gasteiger partial charge in [0.25, 0.3) is 5.91 Å². The Bertz CT molecular complexity index is 1170. The van der Waals surface area contributed by atoms with E-state index in [1.54, 1.807) is 32.9 Å². The van der Waals surface area contributed by atoms with Gasteiger partial charge in [0.1, 0.15) is 12.2 Å². The normalized spacial score (nSPS) is 22.6. The monoisotopic (exact) mass is 459 g/mol. The third-order valence-electron chi connectivity index (χ3n) is 7.59. The summed E-state index contributed by atoms with van der Waals surface area (Å²) in [5.41, 5.74) is 2.05. The molecule has 2 aromatic carbocycles. The molecule has 3 aliphatic rings. The molecule has 1 atom stereocenters. The number of piperidine rings is 1. The molecule has 2 aromatic rings. The minimum Gasteiger partial charge on any atom is -0.341 e. The van der Waals surface area contributed by atoms with Crippen LogP contribution in [0.15, 0.2) is 48.5 Å². The molecular formula is C27H29N3O4. The summed E-state index contributed by atoms with van der Waals surface area (Å²) in [7, 11) is 0. The summed E-state index contributed by atoms with van der Waals surface area (Å²) in [5.74, 6) is -0.370. The highest BCUT2D eigenvalue weighted by atomic mass is 16.2. The largest absolute Gasteiger partial charge is 0.341 e. The number of para-hydroxylation sites is 1. The van der Waals surface area contributed by atoms with Crippen LogP contribution in [0.25, 0.3) is 0 Å². The molecule has 0 N–H and O–H groups in total. The van der Waals surface area contributed by atoms with E-state index in [1.165, 1.54) is 0 Å². The van der Waals surface area contributed by atoms with Gasteiger partial charge in [-0.1, -0.05) is 42.0 Å². The van der Waals surface area contributed by atoms with Crippen molar-refractivity contribution in [3.05, 3.63) is 65.2 Å². The van der Waals surface area contributed by atoms with E-state index in [4.69, 9.17) is 0 Å². The fourth-order valence-corrected chi connectivity index (χ4v) is 5.52. The Kier molecular flexibility index (Phi) is 5.50. The predicted octanol–water partition coefficient (Wildman–Crippen LogP) is 3.42. The van der Waals surface area contributed by atoms with Crippen LogP contribution in [0.2, 0.25) is 0 Å². The summed E-state index contributed by atoms with van der Waals surface area (Å²) in [6, 6.07) is 14.7. The van der Waals surface area contributed by atoms with E-state index < -0.39 is 5.66 Å². The van der Waals surface area contributed by atoms with Gasteiger partial charge in [-0.25, -0.2) is 0 Å². The Labute approximate surface area is 199 Å². The van der Waals surface area contributed by atoms with Crippen molar-refractivity contribution >= 4 is 29.2 Å². The first-order valence-electron chi connectivity index (χ1n) is 11.9. The van der Waals surface area contributed by atoms with Crippen LogP contribution in [0.3, 0.4) is 0 Å². The average molecular weight is 460 g/mol. The first-order valence-corrected chi connectivity index (χ1v) is 11.9. The van der Waals surface area contributed by atoms with Crippen LogP contribution >= 0.6 is 0 Å². The summed E-state index contributed by atoms with van der Waals surface area (Å²) >= 11 is 0. The van der Waals surface area contributed by atoms with Gasteiger partial charge in [-0.05, 0) is 45.2 Å². The molecule has 176 valence electrons. The number of fused-ring (bicyclic) bond motifs is 3. The van der Waals surface area contributed by atoms with E-state index in [2.05, 4.69) is 0 Å². The summed E-state index contributed by atoms with van der Waals surface area (Å²) in [6.45, 7) is 4.75. The van der Waals surface area contributed by atoms with E-state index >= 15 is 0 Å². The van der Waals surface area contributed by atoms with Gasteiger partial charge in [-0.15, -0.1) is 0 Å². The van der Waals surface area contributed by atoms with Crippen LogP contribution in [-0.4, -0.2) is 58.6 Å². The smallest absolute Gasteiger partial charge is 0.258 e. The molecule has 0 radical (unpaired) electrons. The van der Waals surface area contributed by atoms with Crippen molar-refractivity contribution in [2.24, 2.45) is 5.92 Å². The molecule has 34 heavy (non-hydrogen) atoms. The van der Waals surface area contributed by atoms with Gasteiger partial charge in [0.05, 0.1) is 11.3 Å². The molecule has 2 saturated heterocycles. The van der Waals surface area contributed by atoms with E-state index in [-0.39, 0.29) is 36.0 Å². The lowest BCUT2D eigenvalue weighted by Crippen LogP contribution is -2.64. The van der Waals surface area contributed by atoms with Crippen molar-refractivity contribution in [2.75, 3.05) is 24.5 Å². The molecule has 3 amide bonds. The number of amides is 3. The summed E-state index contributed by atoms with van der Waals surface area (Å²) in [4.78, 5) is 57.2. The van der Waals surface area contributed by atoms with E-state index in [0.29, 0.717) is 55.6 Å². The fraction of sp³-hybridized carbons (Fsp3) is 0.407. The standard InChI is InChI=1S/C27H29N3O4/c1-18-7-9-19(10-8-18)25(33)20-12-15-28(16-13-20)24(32)17-29-26(34)21-5-3-4-6-22(21)30-23(31)11-14-27(29,30)2/h3-10,20H,11-17H2,1-2H3. The van der Waals surface area contributed by atoms with Crippen LogP contribution in [0.1, 0.15) is 58.9 Å². The van der Waals surface area contributed by atoms with Gasteiger partial charge < -0.3 is 9.80 Å². The van der Waals surface area contributed by atoms with Gasteiger partial charge in [0.15, 0.2) is 5.78 Å². The predicted molar refractivity (Wildman–Crippen MR) is 127 cm³/mol. The number of anilines is 1. The highest BCUT2D eigenvalue weighted by Gasteiger charge is 2.53. The van der Waals surface area contributed by atoms with Crippen molar-refractivity contribution < 1.29 is 19.2 Å². The van der Waals surface area contributed by atoms with E-state index in [1.807, 2.05) is 44.2 Å². The van der Waals surface area contributed by atoms with Crippen molar-refractivity contribution in [1.29, 1.82) is 0 Å². The van der Waals surface area contributed by atoms with Crippen LogP contribution in [-0.2, 0) is 9.59 Å². The van der Waals surface area contributed by atoms with Crippen LogP contribution in [0, 0.1) is 12.8 Å². The zero-order valence-corrected chi connectivity index (χ0v) is 19.6. The maximum atomic E-state index is 13.4. The first-order chi connectivity index (χ1) is 16.3. The molecule has 1 unspecified atom stereocenters. The SMILES string of the molecule is Cc1ccc(C(=O)C2CCN(C(=O)CN3C(=O)c4ccccc4N4C(=O)CCC34C)CC2)cc1. The number of rotatable bonds is 4. The second kappa shape index (κ2) is 8.38. The number of ketones is 1. The lowest BCUT2D eigenvalue weighted by Gasteiger charge is -2.48. The summed E-state index contributed by atoms with van der Waals surface area (Å²) < 4.78 is 0. The van der Waals surface area contributed by atoms with E-state index in [9.17, 15) is 19.2 Å². The second-order valence-corrected chi connectivity index (χ2v) is 9.74. The molecule has 2 fully saturated rings. The molecule has 0 aromatic heterocycles. The lowest BCUT2D eigenvalue weighted by atomic mass is 9.88. The Hall–Kier alpha value is -3.48. The molecule has 7 heteroatoms. The quantitative estimate of drug-likeness (QED) is 0.657. The Morgan fingerprint density at radius 1 is 1.00 bits per heavy atom. The van der Waals surface area contributed by atoms with Crippen LogP contribution in [0.5, 0.6) is 0 Å². The number of hydrogen-bond acceptors (Lipinski definition) is 4. The number of carbonyl (C=O) groups excluding carboxylic acids is 4. The summed E-state index contributed by atoms with van der Waals surface area (Å²) in [5, 5.41) is 0. The molecular weight excluding hydrogens is 430 g/mol. The zero-order valence-electron chi connectivity index (χ0n) is 19.6. The van der Waals surface area contributed by atoms with Crippen LogP contribution < -0.4 is 4.90 Å². The topological polar surface area (TPSA) is 78.0 Å². The zero-order chi connectivity index (χ0) is 24.0. The molecule has 7 nitrogen and oxygen atoms in total. The number of Topliss-reactive ketones (excluding diaryl/α,β-unsaturated/α-hetero) is 1. The highest BCUT2D eigenvalue weighted by molar-refractivity contribution is 6.11. The van der Waals surface area contributed by atoms with Gasteiger partial charge in [0.2, 0.25) is 11.8 Å². The van der Waals surface area contributed by atoms with E-state index in [0.717, 1.165) is 5.56 Å². The molecule has 0 saturated carbocycles. The average Bonchev–Trinajstić information content (AvgIpc) is 3.17. The number of benzene rings is 2. The second-order valence-electron chi connectivity index (χ2n) is 9.74. The van der Waals surface area contributed by atoms with Crippen molar-refractivity contribution in [1.82, 2.24) is 9.80 Å². The number of aryl methyl sites for hydroxylation is 1. The third kappa shape index (κ3) is 3.59. The van der Waals surface area contributed by atoms with Gasteiger partial charge in [0, 0.05) is 31.0 Å². The third-order valence-corrected chi connectivity index (χ3v) is 7.59. The maximum Gasteiger partial charge on any atom is 0.258 e. The molecule has 5 rings (SSSR count). The highest BCUT2D eigenvalue weighted by Crippen LogP contribution is 2.44. The first kappa shape index (κ1) is 22.3. The Morgan fingerprint density at radius 2 is 1.68 bits per heavy atom. The molecule has 0 spiro atoms. The number of carbonyl (C=O) groups is 4. The number of likely N-dealkylation sites (tertiary alicyclic amines) is 1. The molecule has 0 aliphatic carbocycles. The van der Waals surface area contributed by atoms with Gasteiger partial charge >= 0.3 is 0 Å². The molecule has 3 aliphatic heterocycles. The number of hydrogen-bond donors (Lipinski definition) is 0. The minimum atomic E-state index is -0.849. The number of nitrogens with zero attached hydrogens (tertiary/aromatic N) is 3. The Balaban J connectivity index is 1.28. The lowest BCUT2D eigenvalue weighted by molar-refractivity contribution is -0.134. The molecule has 3 heterocycles.